The third-order valence-electron chi connectivity index (χ3n) is 2.41. The highest BCUT2D eigenvalue weighted by atomic mass is 16.6. The predicted octanol–water partition coefficient (Wildman–Crippen LogP) is -0.611. The Morgan fingerprint density at radius 3 is 2.84 bits per heavy atom. The van der Waals surface area contributed by atoms with Gasteiger partial charge >= 0.3 is 5.69 Å². The van der Waals surface area contributed by atoms with E-state index in [0.717, 1.165) is 0 Å². The molecule has 0 spiro atoms. The van der Waals surface area contributed by atoms with Crippen molar-refractivity contribution in [2.45, 2.75) is 6.10 Å². The van der Waals surface area contributed by atoms with Crippen LogP contribution < -0.4 is 11.1 Å². The van der Waals surface area contributed by atoms with Gasteiger partial charge in [0, 0.05) is 12.6 Å². The molecule has 1 amide bonds. The number of primary amides is 1. The van der Waals surface area contributed by atoms with Crippen molar-refractivity contribution < 1.29 is 19.5 Å². The van der Waals surface area contributed by atoms with Crippen LogP contribution in [0.1, 0.15) is 0 Å². The highest BCUT2D eigenvalue weighted by Crippen LogP contribution is 2.28. The second-order valence-electron chi connectivity index (χ2n) is 3.65. The van der Waals surface area contributed by atoms with E-state index < -0.39 is 16.9 Å². The average Bonchev–Trinajstić information content (AvgIpc) is 2.83. The number of nitrogens with one attached hydrogen (secondary N) is 1. The molecule has 2 aromatic rings. The number of carbonyl (C=O) groups is 1. The summed E-state index contributed by atoms with van der Waals surface area (Å²) in [4.78, 5) is 20.8. The molecule has 19 heavy (non-hydrogen) atoms. The van der Waals surface area contributed by atoms with Crippen molar-refractivity contribution in [1.29, 1.82) is 0 Å². The zero-order chi connectivity index (χ0) is 14.0. The van der Waals surface area contributed by atoms with Crippen LogP contribution in [0.25, 0.3) is 11.0 Å². The molecular formula is C9H9N5O5. The zero-order valence-electron chi connectivity index (χ0n) is 9.44. The molecular weight excluding hydrogens is 258 g/mol. The molecule has 0 saturated heterocycles. The normalized spacial score (nSPS) is 12.3. The molecule has 0 fully saturated rings. The second kappa shape index (κ2) is 4.86. The summed E-state index contributed by atoms with van der Waals surface area (Å²) in [6.07, 6.45) is -1.38. The van der Waals surface area contributed by atoms with Crippen LogP contribution in [-0.4, -0.2) is 38.9 Å². The smallest absolute Gasteiger partial charge is 0.300 e. The predicted molar refractivity (Wildman–Crippen MR) is 62.1 cm³/mol. The number of anilines is 1. The van der Waals surface area contributed by atoms with Crippen LogP contribution in [0.15, 0.2) is 16.8 Å². The number of nitro groups is 1. The molecule has 1 heterocycles. The first-order valence-electron chi connectivity index (χ1n) is 5.11. The van der Waals surface area contributed by atoms with Crippen molar-refractivity contribution in [2.24, 2.45) is 5.73 Å². The van der Waals surface area contributed by atoms with Gasteiger partial charge < -0.3 is 16.2 Å². The Morgan fingerprint density at radius 1 is 1.53 bits per heavy atom. The summed E-state index contributed by atoms with van der Waals surface area (Å²) in [5.41, 5.74) is 5.08. The van der Waals surface area contributed by atoms with Gasteiger partial charge in [-0.1, -0.05) is 0 Å². The lowest BCUT2D eigenvalue weighted by molar-refractivity contribution is -0.383. The van der Waals surface area contributed by atoms with Gasteiger partial charge in [-0.15, -0.1) is 0 Å². The maximum absolute atomic E-state index is 10.8. The summed E-state index contributed by atoms with van der Waals surface area (Å²) in [7, 11) is 0. The van der Waals surface area contributed by atoms with Gasteiger partial charge in [0.1, 0.15) is 6.10 Å². The van der Waals surface area contributed by atoms with Gasteiger partial charge in [0.2, 0.25) is 11.4 Å². The molecule has 1 unspecified atom stereocenters. The van der Waals surface area contributed by atoms with Crippen molar-refractivity contribution in [2.75, 3.05) is 11.9 Å². The van der Waals surface area contributed by atoms with Crippen molar-refractivity contribution in [3.05, 3.63) is 22.2 Å². The highest BCUT2D eigenvalue weighted by molar-refractivity contribution is 5.93. The van der Waals surface area contributed by atoms with Crippen LogP contribution in [0.2, 0.25) is 0 Å². The molecule has 10 nitrogen and oxygen atoms in total. The van der Waals surface area contributed by atoms with Gasteiger partial charge in [-0.2, -0.15) is 0 Å². The summed E-state index contributed by atoms with van der Waals surface area (Å²) in [6, 6.07) is 2.59. The van der Waals surface area contributed by atoms with E-state index >= 15 is 0 Å². The maximum atomic E-state index is 10.8. The first kappa shape index (κ1) is 12.7. The SMILES string of the molecule is NC(=O)C(O)CNc1ccc([N+](=O)[O-])c2nonc12. The van der Waals surface area contributed by atoms with E-state index in [1.165, 1.54) is 12.1 Å². The molecule has 1 aromatic heterocycles. The fourth-order valence-electron chi connectivity index (χ4n) is 1.45. The number of hydrogen-bond acceptors (Lipinski definition) is 8. The van der Waals surface area contributed by atoms with E-state index in [-0.39, 0.29) is 23.3 Å². The van der Waals surface area contributed by atoms with Crippen LogP contribution in [0.4, 0.5) is 11.4 Å². The molecule has 2 rings (SSSR count). The minimum atomic E-state index is -1.38. The number of nitrogens with zero attached hydrogens (tertiary/aromatic N) is 3. The number of aliphatic hydroxyl groups is 1. The topological polar surface area (TPSA) is 157 Å². The van der Waals surface area contributed by atoms with Crippen LogP contribution in [-0.2, 0) is 4.79 Å². The summed E-state index contributed by atoms with van der Waals surface area (Å²) >= 11 is 0. The van der Waals surface area contributed by atoms with Gasteiger partial charge in [0.25, 0.3) is 0 Å². The van der Waals surface area contributed by atoms with Crippen LogP contribution in [0, 0.1) is 10.1 Å². The van der Waals surface area contributed by atoms with Crippen LogP contribution >= 0.6 is 0 Å². The Hall–Kier alpha value is -2.75. The third-order valence-corrected chi connectivity index (χ3v) is 2.41. The number of non-ortho nitro benzene ring substituents is 1. The molecule has 0 bridgehead atoms. The van der Waals surface area contributed by atoms with E-state index in [1.807, 2.05) is 0 Å². The van der Waals surface area contributed by atoms with Crippen molar-refractivity contribution in [3.8, 4) is 0 Å². The number of benzene rings is 1. The molecule has 0 radical (unpaired) electrons. The van der Waals surface area contributed by atoms with Gasteiger partial charge in [-0.3, -0.25) is 14.9 Å². The lowest BCUT2D eigenvalue weighted by Crippen LogP contribution is -2.34. The number of rotatable bonds is 5. The Morgan fingerprint density at radius 2 is 2.21 bits per heavy atom. The van der Waals surface area contributed by atoms with Crippen LogP contribution in [0.5, 0.6) is 0 Å². The summed E-state index contributed by atoms with van der Waals surface area (Å²) in [5, 5.41) is 29.7. The minimum absolute atomic E-state index is 0.0245. The molecule has 1 atom stereocenters. The van der Waals surface area contributed by atoms with Gasteiger partial charge in [0.05, 0.1) is 10.6 Å². The van der Waals surface area contributed by atoms with Gasteiger partial charge in [-0.05, 0) is 16.4 Å². The monoisotopic (exact) mass is 267 g/mol. The first-order chi connectivity index (χ1) is 9.00. The Kier molecular flexibility index (Phi) is 3.25. The maximum Gasteiger partial charge on any atom is 0.300 e. The van der Waals surface area contributed by atoms with Crippen LogP contribution in [0.3, 0.4) is 0 Å². The fraction of sp³-hybridized carbons (Fsp3) is 0.222. The standard InChI is InChI=1S/C9H9N5O5/c10-9(16)6(15)3-11-4-1-2-5(14(17)18)8-7(4)12-19-13-8/h1-2,6,11,15H,3H2,(H2,10,16). The summed E-state index contributed by atoms with van der Waals surface area (Å²) in [5.74, 6) is -0.885. The molecule has 0 aliphatic rings. The first-order valence-corrected chi connectivity index (χ1v) is 5.11. The molecule has 10 heteroatoms. The number of aliphatic hydroxyl groups excluding tert-OH is 1. The van der Waals surface area contributed by atoms with E-state index in [9.17, 15) is 20.0 Å². The van der Waals surface area contributed by atoms with E-state index in [0.29, 0.717) is 5.69 Å². The number of amides is 1. The molecule has 0 aliphatic heterocycles. The van der Waals surface area contributed by atoms with Gasteiger partial charge in [0.15, 0.2) is 5.52 Å². The number of nitrogens with two attached hydrogens (primary N) is 1. The number of nitro benzene ring substituents is 1. The van der Waals surface area contributed by atoms with Crippen molar-refractivity contribution >= 4 is 28.3 Å². The molecule has 1 aromatic carbocycles. The Labute approximate surface area is 105 Å². The number of carbonyl (C=O) groups excluding carboxylic acids is 1. The van der Waals surface area contributed by atoms with Crippen molar-refractivity contribution in [3.63, 3.8) is 0 Å². The minimum Gasteiger partial charge on any atom is -0.381 e. The fourth-order valence-corrected chi connectivity index (χ4v) is 1.45. The quantitative estimate of drug-likeness (QED) is 0.478. The zero-order valence-corrected chi connectivity index (χ0v) is 9.44. The lowest BCUT2D eigenvalue weighted by Gasteiger charge is -2.09. The molecule has 0 aliphatic carbocycles. The summed E-state index contributed by atoms with van der Waals surface area (Å²) < 4.78 is 4.45. The highest BCUT2D eigenvalue weighted by Gasteiger charge is 2.20. The Bertz CT molecular complexity index is 639. The molecule has 0 saturated carbocycles. The van der Waals surface area contributed by atoms with E-state index in [2.05, 4.69) is 20.3 Å². The lowest BCUT2D eigenvalue weighted by atomic mass is 10.2. The van der Waals surface area contributed by atoms with Crippen molar-refractivity contribution in [1.82, 2.24) is 10.3 Å². The number of aromatic nitrogens is 2. The largest absolute Gasteiger partial charge is 0.381 e. The second-order valence-corrected chi connectivity index (χ2v) is 3.65. The molecule has 4 N–H and O–H groups in total. The molecule has 100 valence electrons. The number of hydrogen-bond donors (Lipinski definition) is 3. The third kappa shape index (κ3) is 2.42. The Balaban J connectivity index is 2.30. The number of fused-ring (bicyclic) bond motifs is 1. The average molecular weight is 267 g/mol. The van der Waals surface area contributed by atoms with E-state index in [1.54, 1.807) is 0 Å². The summed E-state index contributed by atoms with van der Waals surface area (Å²) in [6.45, 7) is -0.158. The van der Waals surface area contributed by atoms with Gasteiger partial charge in [-0.25, -0.2) is 4.63 Å². The van der Waals surface area contributed by atoms with E-state index in [4.69, 9.17) is 5.73 Å².